The lowest BCUT2D eigenvalue weighted by atomic mass is 9.98. The Kier molecular flexibility index (Phi) is 8.37. The zero-order valence-electron chi connectivity index (χ0n) is 22.5. The fourth-order valence-electron chi connectivity index (χ4n) is 5.26. The number of nitrogens with zero attached hydrogens (tertiary/aromatic N) is 4. The monoisotopic (exact) mass is 598 g/mol. The van der Waals surface area contributed by atoms with Crippen LogP contribution in [0.2, 0.25) is 0 Å². The summed E-state index contributed by atoms with van der Waals surface area (Å²) in [7, 11) is -6.82. The molecule has 216 valence electrons. The average Bonchev–Trinajstić information content (AvgIpc) is 3.32. The number of sulfonamides is 1. The number of hydrogen-bond acceptors (Lipinski definition) is 7. The minimum absolute atomic E-state index is 0.180. The molecule has 1 amide bonds. The summed E-state index contributed by atoms with van der Waals surface area (Å²) in [6.07, 6.45) is 5.96. The van der Waals surface area contributed by atoms with E-state index in [1.54, 1.807) is 47.6 Å². The zero-order valence-corrected chi connectivity index (χ0v) is 24.1. The summed E-state index contributed by atoms with van der Waals surface area (Å²) in [5.74, 6) is -0.820. The molecule has 5 rings (SSSR count). The standard InChI is InChI=1S/C29H31FN4O5S2/c1-40(36,37)33-17-15-32(16-18-33)28(25-4-2-23(3-5-25)24-6-8-26(30)9-7-24)29(35)34(20-22-10-13-31-14-11-22)27-12-19-41(38,39)21-27/h2-14,19,27-28H,15-18,20-21H2,1H3. The van der Waals surface area contributed by atoms with Gasteiger partial charge in [-0.1, -0.05) is 36.4 Å². The van der Waals surface area contributed by atoms with E-state index in [4.69, 9.17) is 0 Å². The lowest BCUT2D eigenvalue weighted by Gasteiger charge is -2.40. The lowest BCUT2D eigenvalue weighted by molar-refractivity contribution is -0.139. The molecule has 0 aliphatic carbocycles. The van der Waals surface area contributed by atoms with Crippen LogP contribution in [0.4, 0.5) is 4.39 Å². The molecular formula is C29H31FN4O5S2. The fraction of sp³-hybridized carbons (Fsp3) is 0.310. The summed E-state index contributed by atoms with van der Waals surface area (Å²) in [5, 5.41) is 1.15. The highest BCUT2D eigenvalue weighted by Gasteiger charge is 2.38. The molecule has 2 atom stereocenters. The number of hydrogen-bond donors (Lipinski definition) is 0. The number of halogens is 1. The number of rotatable bonds is 8. The Hall–Kier alpha value is -3.45. The van der Waals surface area contributed by atoms with Crippen LogP contribution in [0.1, 0.15) is 17.2 Å². The molecule has 0 spiro atoms. The lowest BCUT2D eigenvalue weighted by Crippen LogP contribution is -2.53. The molecule has 3 heterocycles. The maximum atomic E-state index is 14.5. The van der Waals surface area contributed by atoms with Gasteiger partial charge in [0.05, 0.1) is 18.1 Å². The molecule has 2 aromatic carbocycles. The minimum atomic E-state index is -3.44. The Morgan fingerprint density at radius 2 is 1.56 bits per heavy atom. The highest BCUT2D eigenvalue weighted by Crippen LogP contribution is 2.31. The molecule has 1 aromatic heterocycles. The molecule has 0 radical (unpaired) electrons. The Balaban J connectivity index is 1.50. The third-order valence-electron chi connectivity index (χ3n) is 7.44. The van der Waals surface area contributed by atoms with Crippen molar-refractivity contribution in [3.8, 4) is 11.1 Å². The summed E-state index contributed by atoms with van der Waals surface area (Å²) >= 11 is 0. The summed E-state index contributed by atoms with van der Waals surface area (Å²) < 4.78 is 63.8. The van der Waals surface area contributed by atoms with Crippen molar-refractivity contribution in [1.29, 1.82) is 0 Å². The van der Waals surface area contributed by atoms with Crippen LogP contribution in [0, 0.1) is 5.82 Å². The van der Waals surface area contributed by atoms with Crippen molar-refractivity contribution in [2.45, 2.75) is 18.6 Å². The van der Waals surface area contributed by atoms with Gasteiger partial charge in [-0.25, -0.2) is 21.2 Å². The first-order chi connectivity index (χ1) is 19.5. The Morgan fingerprint density at radius 1 is 0.976 bits per heavy atom. The summed E-state index contributed by atoms with van der Waals surface area (Å²) in [4.78, 5) is 22.1. The number of pyridine rings is 1. The summed E-state index contributed by atoms with van der Waals surface area (Å²) in [6.45, 7) is 1.30. The van der Waals surface area contributed by atoms with Crippen molar-refractivity contribution in [3.63, 3.8) is 0 Å². The van der Waals surface area contributed by atoms with Gasteiger partial charge in [-0.05, 0) is 52.6 Å². The number of sulfone groups is 1. The molecule has 1 saturated heterocycles. The van der Waals surface area contributed by atoms with Crippen LogP contribution in [0.3, 0.4) is 0 Å². The van der Waals surface area contributed by atoms with E-state index in [1.165, 1.54) is 22.7 Å². The van der Waals surface area contributed by atoms with Gasteiger partial charge in [0, 0.05) is 50.5 Å². The van der Waals surface area contributed by atoms with Gasteiger partial charge in [0.2, 0.25) is 15.9 Å². The molecule has 0 bridgehead atoms. The molecule has 3 aromatic rings. The van der Waals surface area contributed by atoms with Gasteiger partial charge in [0.15, 0.2) is 9.84 Å². The summed E-state index contributed by atoms with van der Waals surface area (Å²) in [5.41, 5.74) is 3.17. The van der Waals surface area contributed by atoms with Crippen molar-refractivity contribution >= 4 is 25.8 Å². The number of amides is 1. The van der Waals surface area contributed by atoms with E-state index in [1.807, 2.05) is 29.2 Å². The molecule has 41 heavy (non-hydrogen) atoms. The first kappa shape index (κ1) is 29.1. The Morgan fingerprint density at radius 3 is 2.10 bits per heavy atom. The molecule has 9 nitrogen and oxygen atoms in total. The van der Waals surface area contributed by atoms with Gasteiger partial charge < -0.3 is 4.90 Å². The molecule has 2 unspecified atom stereocenters. The summed E-state index contributed by atoms with van der Waals surface area (Å²) in [6, 6.07) is 15.7. The topological polar surface area (TPSA) is 108 Å². The Labute approximate surface area is 239 Å². The second-order valence-corrected chi connectivity index (χ2v) is 14.2. The third kappa shape index (κ3) is 6.89. The fourth-order valence-corrected chi connectivity index (χ4v) is 7.38. The van der Waals surface area contributed by atoms with Crippen LogP contribution in [-0.2, 0) is 31.2 Å². The third-order valence-corrected chi connectivity index (χ3v) is 10.1. The van der Waals surface area contributed by atoms with Gasteiger partial charge in [-0.15, -0.1) is 0 Å². The second-order valence-electron chi connectivity index (χ2n) is 10.3. The van der Waals surface area contributed by atoms with Crippen molar-refractivity contribution in [1.82, 2.24) is 19.1 Å². The first-order valence-electron chi connectivity index (χ1n) is 13.2. The van der Waals surface area contributed by atoms with E-state index in [-0.39, 0.29) is 37.1 Å². The van der Waals surface area contributed by atoms with E-state index in [0.717, 1.165) is 22.1 Å². The number of carbonyl (C=O) groups is 1. The molecule has 12 heteroatoms. The maximum Gasteiger partial charge on any atom is 0.245 e. The predicted molar refractivity (Wildman–Crippen MR) is 154 cm³/mol. The van der Waals surface area contributed by atoms with Gasteiger partial charge in [0.1, 0.15) is 11.9 Å². The van der Waals surface area contributed by atoms with Crippen molar-refractivity contribution in [2.75, 3.05) is 38.2 Å². The Bertz CT molecular complexity index is 1620. The normalized spacial score (nSPS) is 20.1. The smallest absolute Gasteiger partial charge is 0.245 e. The van der Waals surface area contributed by atoms with E-state index in [2.05, 4.69) is 4.98 Å². The van der Waals surface area contributed by atoms with E-state index >= 15 is 0 Å². The van der Waals surface area contributed by atoms with Crippen LogP contribution in [0.25, 0.3) is 11.1 Å². The zero-order chi connectivity index (χ0) is 29.2. The molecular weight excluding hydrogens is 567 g/mol. The van der Waals surface area contributed by atoms with Crippen molar-refractivity contribution in [3.05, 3.63) is 101 Å². The molecule has 1 fully saturated rings. The second kappa shape index (κ2) is 11.8. The van der Waals surface area contributed by atoms with Crippen LogP contribution < -0.4 is 0 Å². The van der Waals surface area contributed by atoms with Crippen molar-refractivity contribution in [2.24, 2.45) is 0 Å². The number of aromatic nitrogens is 1. The number of piperazine rings is 1. The van der Waals surface area contributed by atoms with E-state index in [0.29, 0.717) is 18.7 Å². The van der Waals surface area contributed by atoms with E-state index in [9.17, 15) is 26.0 Å². The van der Waals surface area contributed by atoms with Gasteiger partial charge in [0.25, 0.3) is 0 Å². The first-order valence-corrected chi connectivity index (χ1v) is 16.7. The number of carbonyl (C=O) groups excluding carboxylic acids is 1. The maximum absolute atomic E-state index is 14.5. The van der Waals surface area contributed by atoms with E-state index < -0.39 is 31.9 Å². The van der Waals surface area contributed by atoms with Crippen LogP contribution in [-0.4, -0.2) is 86.1 Å². The molecule has 2 aliphatic rings. The average molecular weight is 599 g/mol. The minimum Gasteiger partial charge on any atom is -0.329 e. The largest absolute Gasteiger partial charge is 0.329 e. The van der Waals surface area contributed by atoms with Crippen LogP contribution >= 0.6 is 0 Å². The van der Waals surface area contributed by atoms with Gasteiger partial charge >= 0.3 is 0 Å². The van der Waals surface area contributed by atoms with Crippen LogP contribution in [0.15, 0.2) is 84.5 Å². The quantitative estimate of drug-likeness (QED) is 0.393. The van der Waals surface area contributed by atoms with Crippen LogP contribution in [0.5, 0.6) is 0 Å². The van der Waals surface area contributed by atoms with Crippen molar-refractivity contribution < 1.29 is 26.0 Å². The number of benzene rings is 2. The SMILES string of the molecule is CS(=O)(=O)N1CCN(C(C(=O)N(Cc2ccncc2)C2C=CS(=O)(=O)C2)c2ccc(-c3ccc(F)cc3)cc2)CC1. The highest BCUT2D eigenvalue weighted by molar-refractivity contribution is 7.94. The highest BCUT2D eigenvalue weighted by atomic mass is 32.2. The molecule has 0 saturated carbocycles. The molecule has 0 N–H and O–H groups in total. The molecule has 2 aliphatic heterocycles. The predicted octanol–water partition coefficient (Wildman–Crippen LogP) is 2.85. The van der Waals surface area contributed by atoms with Gasteiger partial charge in [-0.3, -0.25) is 14.7 Å². The van der Waals surface area contributed by atoms with Gasteiger partial charge in [-0.2, -0.15) is 4.31 Å².